The average molecular weight is 307 g/mol. The summed E-state index contributed by atoms with van der Waals surface area (Å²) in [6.45, 7) is 10.2. The van der Waals surface area contributed by atoms with Crippen LogP contribution in [0.4, 0.5) is 0 Å². The summed E-state index contributed by atoms with van der Waals surface area (Å²) < 4.78 is 2.36. The Hall–Kier alpha value is -1.87. The second kappa shape index (κ2) is 5.64. The molecule has 120 valence electrons. The molecule has 3 heteroatoms. The topological polar surface area (TPSA) is 20.5 Å². The van der Waals surface area contributed by atoms with Crippen molar-refractivity contribution in [3.63, 3.8) is 0 Å². The highest BCUT2D eigenvalue weighted by atomic mass is 15.1. The zero-order valence-corrected chi connectivity index (χ0v) is 14.4. The number of aromatic nitrogens is 2. The van der Waals surface area contributed by atoms with Crippen molar-refractivity contribution in [1.29, 1.82) is 0 Å². The smallest absolute Gasteiger partial charge is 0.110 e. The van der Waals surface area contributed by atoms with Gasteiger partial charge in [-0.3, -0.25) is 4.40 Å². The summed E-state index contributed by atoms with van der Waals surface area (Å²) in [4.78, 5) is 7.36. The van der Waals surface area contributed by atoms with Gasteiger partial charge in [-0.1, -0.05) is 18.2 Å². The van der Waals surface area contributed by atoms with Gasteiger partial charge in [-0.25, -0.2) is 4.98 Å². The van der Waals surface area contributed by atoms with Crippen LogP contribution in [0, 0.1) is 20.8 Å². The van der Waals surface area contributed by atoms with Crippen molar-refractivity contribution in [3.8, 4) is 0 Å². The third kappa shape index (κ3) is 2.34. The minimum Gasteiger partial charge on any atom is -0.303 e. The molecule has 1 aromatic carbocycles. The number of rotatable bonds is 3. The molecule has 0 aliphatic carbocycles. The first-order valence-electron chi connectivity index (χ1n) is 8.75. The first-order valence-corrected chi connectivity index (χ1v) is 8.75. The summed E-state index contributed by atoms with van der Waals surface area (Å²) >= 11 is 0. The van der Waals surface area contributed by atoms with Crippen LogP contribution in [0.15, 0.2) is 24.3 Å². The molecule has 0 bridgehead atoms. The number of para-hydroxylation sites is 1. The number of hydrogen-bond donors (Lipinski definition) is 0. The van der Waals surface area contributed by atoms with E-state index in [1.165, 1.54) is 60.0 Å². The van der Waals surface area contributed by atoms with E-state index in [0.29, 0.717) is 0 Å². The van der Waals surface area contributed by atoms with Crippen LogP contribution >= 0.6 is 0 Å². The zero-order valence-electron chi connectivity index (χ0n) is 14.4. The zero-order chi connectivity index (χ0) is 16.0. The Kier molecular flexibility index (Phi) is 3.61. The van der Waals surface area contributed by atoms with Crippen LogP contribution in [-0.4, -0.2) is 33.9 Å². The highest BCUT2D eigenvalue weighted by molar-refractivity contribution is 5.93. The molecule has 2 aromatic heterocycles. The van der Waals surface area contributed by atoms with Gasteiger partial charge < -0.3 is 4.90 Å². The Bertz CT molecular complexity index is 870. The monoisotopic (exact) mass is 307 g/mol. The molecule has 1 aliphatic heterocycles. The van der Waals surface area contributed by atoms with Crippen LogP contribution in [0.2, 0.25) is 0 Å². The van der Waals surface area contributed by atoms with Crippen molar-refractivity contribution in [2.24, 2.45) is 0 Å². The summed E-state index contributed by atoms with van der Waals surface area (Å²) in [6.07, 6.45) is 3.84. The summed E-state index contributed by atoms with van der Waals surface area (Å²) in [5.74, 6) is 1.09. The van der Waals surface area contributed by atoms with Crippen molar-refractivity contribution in [2.75, 3.05) is 19.6 Å². The van der Waals surface area contributed by atoms with E-state index in [0.717, 1.165) is 17.9 Å². The molecule has 0 amide bonds. The van der Waals surface area contributed by atoms with Gasteiger partial charge >= 0.3 is 0 Å². The predicted molar refractivity (Wildman–Crippen MR) is 96.3 cm³/mol. The lowest BCUT2D eigenvalue weighted by molar-refractivity contribution is 0.344. The van der Waals surface area contributed by atoms with Crippen LogP contribution in [0.1, 0.15) is 35.5 Å². The molecule has 1 aliphatic rings. The Morgan fingerprint density at radius 1 is 1.04 bits per heavy atom. The lowest BCUT2D eigenvalue weighted by atomic mass is 10.1. The van der Waals surface area contributed by atoms with E-state index in [4.69, 9.17) is 4.98 Å². The molecule has 23 heavy (non-hydrogen) atoms. The van der Waals surface area contributed by atoms with Gasteiger partial charge in [0.1, 0.15) is 5.82 Å². The second-order valence-electron chi connectivity index (χ2n) is 6.85. The van der Waals surface area contributed by atoms with E-state index in [2.05, 4.69) is 54.3 Å². The van der Waals surface area contributed by atoms with E-state index < -0.39 is 0 Å². The van der Waals surface area contributed by atoms with Crippen LogP contribution in [0.5, 0.6) is 0 Å². The quantitative estimate of drug-likeness (QED) is 0.727. The lowest BCUT2D eigenvalue weighted by Crippen LogP contribution is -2.22. The predicted octanol–water partition coefficient (Wildman–Crippen LogP) is 4.05. The molecule has 0 radical (unpaired) electrons. The highest BCUT2D eigenvalue weighted by Crippen LogP contribution is 2.31. The molecule has 0 N–H and O–H groups in total. The molecule has 4 rings (SSSR count). The number of hydrogen-bond acceptors (Lipinski definition) is 2. The van der Waals surface area contributed by atoms with Gasteiger partial charge in [-0.05, 0) is 70.3 Å². The van der Waals surface area contributed by atoms with Crippen molar-refractivity contribution < 1.29 is 0 Å². The van der Waals surface area contributed by atoms with Crippen molar-refractivity contribution in [2.45, 2.75) is 40.0 Å². The van der Waals surface area contributed by atoms with Crippen LogP contribution < -0.4 is 0 Å². The molecule has 3 heterocycles. The van der Waals surface area contributed by atoms with E-state index in [-0.39, 0.29) is 0 Å². The molecule has 0 atom stereocenters. The third-order valence-corrected chi connectivity index (χ3v) is 5.41. The second-order valence-corrected chi connectivity index (χ2v) is 6.85. The summed E-state index contributed by atoms with van der Waals surface area (Å²) in [5, 5.41) is 1.39. The van der Waals surface area contributed by atoms with Gasteiger partial charge in [-0.15, -0.1) is 0 Å². The first-order chi connectivity index (χ1) is 11.2. The number of benzene rings is 1. The Morgan fingerprint density at radius 2 is 1.78 bits per heavy atom. The van der Waals surface area contributed by atoms with Crippen molar-refractivity contribution in [1.82, 2.24) is 14.3 Å². The minimum absolute atomic E-state index is 1.09. The maximum atomic E-state index is 4.75. The average Bonchev–Trinajstić information content (AvgIpc) is 3.16. The SMILES string of the molecule is Cc1nc(C)n2c(c1C)c(CCN1CCCC1)c1ccccc12. The molecular formula is C20H25N3. The van der Waals surface area contributed by atoms with Gasteiger partial charge in [0.25, 0.3) is 0 Å². The number of aryl methyl sites for hydroxylation is 3. The van der Waals surface area contributed by atoms with Gasteiger partial charge in [0.15, 0.2) is 0 Å². The van der Waals surface area contributed by atoms with Crippen LogP contribution in [0.3, 0.4) is 0 Å². The van der Waals surface area contributed by atoms with Gasteiger partial charge in [-0.2, -0.15) is 0 Å². The first kappa shape index (κ1) is 14.7. The van der Waals surface area contributed by atoms with E-state index >= 15 is 0 Å². The number of fused-ring (bicyclic) bond motifs is 3. The maximum absolute atomic E-state index is 4.75. The normalized spacial score (nSPS) is 16.0. The van der Waals surface area contributed by atoms with Crippen molar-refractivity contribution >= 4 is 16.4 Å². The number of likely N-dealkylation sites (tertiary alicyclic amines) is 1. The lowest BCUT2D eigenvalue weighted by Gasteiger charge is -2.15. The molecule has 1 fully saturated rings. The Balaban J connectivity index is 1.91. The standard InChI is InChI=1S/C20H25N3/c1-14-15(2)21-16(3)23-19-9-5-4-8-17(19)18(20(14)23)10-13-22-11-6-7-12-22/h4-5,8-9H,6-7,10-13H2,1-3H3. The molecule has 1 saturated heterocycles. The fraction of sp³-hybridized carbons (Fsp3) is 0.450. The number of nitrogens with zero attached hydrogens (tertiary/aromatic N) is 3. The molecule has 0 unspecified atom stereocenters. The molecule has 0 saturated carbocycles. The minimum atomic E-state index is 1.09. The van der Waals surface area contributed by atoms with Crippen LogP contribution in [-0.2, 0) is 6.42 Å². The third-order valence-electron chi connectivity index (χ3n) is 5.41. The highest BCUT2D eigenvalue weighted by Gasteiger charge is 2.18. The van der Waals surface area contributed by atoms with Gasteiger partial charge in [0, 0.05) is 17.6 Å². The van der Waals surface area contributed by atoms with Crippen molar-refractivity contribution in [3.05, 3.63) is 46.9 Å². The van der Waals surface area contributed by atoms with Gasteiger partial charge in [0.05, 0.1) is 11.0 Å². The van der Waals surface area contributed by atoms with Gasteiger partial charge in [0.2, 0.25) is 0 Å². The van der Waals surface area contributed by atoms with Crippen LogP contribution in [0.25, 0.3) is 16.4 Å². The fourth-order valence-corrected chi connectivity index (χ4v) is 4.11. The molecule has 3 aromatic rings. The molecular weight excluding hydrogens is 282 g/mol. The summed E-state index contributed by atoms with van der Waals surface area (Å²) in [5.41, 5.74) is 6.66. The van der Waals surface area contributed by atoms with E-state index in [9.17, 15) is 0 Å². The fourth-order valence-electron chi connectivity index (χ4n) is 4.11. The van der Waals surface area contributed by atoms with E-state index in [1.807, 2.05) is 0 Å². The largest absolute Gasteiger partial charge is 0.303 e. The Labute approximate surface area is 137 Å². The molecule has 3 nitrogen and oxygen atoms in total. The Morgan fingerprint density at radius 3 is 2.57 bits per heavy atom. The summed E-state index contributed by atoms with van der Waals surface area (Å²) in [6, 6.07) is 8.79. The maximum Gasteiger partial charge on any atom is 0.110 e. The van der Waals surface area contributed by atoms with E-state index in [1.54, 1.807) is 0 Å². The molecule has 0 spiro atoms. The summed E-state index contributed by atoms with van der Waals surface area (Å²) in [7, 11) is 0.